The van der Waals surface area contributed by atoms with E-state index in [1.165, 1.54) is 12.8 Å². The fourth-order valence-electron chi connectivity index (χ4n) is 2.88. The van der Waals surface area contributed by atoms with Crippen LogP contribution in [0.1, 0.15) is 38.5 Å². The highest BCUT2D eigenvalue weighted by atomic mass is 16.4. The summed E-state index contributed by atoms with van der Waals surface area (Å²) in [4.78, 5) is 24.6. The number of likely N-dealkylation sites (tertiary alicyclic amines) is 1. The molecular formula is C13H22N2O3. The van der Waals surface area contributed by atoms with Crippen molar-refractivity contribution in [3.8, 4) is 0 Å². The van der Waals surface area contributed by atoms with E-state index in [1.54, 1.807) is 4.90 Å². The van der Waals surface area contributed by atoms with Crippen LogP contribution in [0.5, 0.6) is 0 Å². The zero-order chi connectivity index (χ0) is 13.0. The minimum absolute atomic E-state index is 0.0489. The Bertz CT molecular complexity index is 313. The molecule has 102 valence electrons. The third-order valence-electron chi connectivity index (χ3n) is 4.02. The Morgan fingerprint density at radius 3 is 2.56 bits per heavy atom. The van der Waals surface area contributed by atoms with Crippen LogP contribution < -0.4 is 5.32 Å². The van der Waals surface area contributed by atoms with Crippen LogP contribution in [0.3, 0.4) is 0 Å². The van der Waals surface area contributed by atoms with E-state index in [2.05, 4.69) is 5.32 Å². The van der Waals surface area contributed by atoms with Gasteiger partial charge in [0.2, 0.25) is 5.91 Å². The van der Waals surface area contributed by atoms with Crippen LogP contribution >= 0.6 is 0 Å². The van der Waals surface area contributed by atoms with Gasteiger partial charge >= 0.3 is 5.97 Å². The quantitative estimate of drug-likeness (QED) is 0.780. The van der Waals surface area contributed by atoms with Gasteiger partial charge in [0.25, 0.3) is 0 Å². The first kappa shape index (κ1) is 13.3. The fourth-order valence-corrected chi connectivity index (χ4v) is 2.88. The topological polar surface area (TPSA) is 69.6 Å². The predicted molar refractivity (Wildman–Crippen MR) is 67.2 cm³/mol. The summed E-state index contributed by atoms with van der Waals surface area (Å²) >= 11 is 0. The number of rotatable bonds is 4. The molecule has 0 spiro atoms. The van der Waals surface area contributed by atoms with Gasteiger partial charge in [0, 0.05) is 19.1 Å². The molecule has 2 fully saturated rings. The smallest absolute Gasteiger partial charge is 0.308 e. The van der Waals surface area contributed by atoms with E-state index in [-0.39, 0.29) is 11.8 Å². The number of piperidine rings is 1. The van der Waals surface area contributed by atoms with Gasteiger partial charge in [-0.15, -0.1) is 0 Å². The molecular weight excluding hydrogens is 232 g/mol. The third kappa shape index (κ3) is 3.45. The van der Waals surface area contributed by atoms with E-state index < -0.39 is 5.97 Å². The molecule has 2 rings (SSSR count). The van der Waals surface area contributed by atoms with Crippen molar-refractivity contribution in [2.45, 2.75) is 44.6 Å². The lowest BCUT2D eigenvalue weighted by Gasteiger charge is -2.31. The number of amides is 1. The van der Waals surface area contributed by atoms with Crippen molar-refractivity contribution >= 4 is 11.9 Å². The molecule has 0 unspecified atom stereocenters. The second-order valence-electron chi connectivity index (χ2n) is 5.38. The number of nitrogens with one attached hydrogen (secondary N) is 1. The maximum absolute atomic E-state index is 12.0. The molecule has 0 aromatic heterocycles. The summed E-state index contributed by atoms with van der Waals surface area (Å²) < 4.78 is 0. The lowest BCUT2D eigenvalue weighted by molar-refractivity contribution is -0.145. The van der Waals surface area contributed by atoms with Gasteiger partial charge in [-0.25, -0.2) is 0 Å². The van der Waals surface area contributed by atoms with Crippen molar-refractivity contribution in [3.63, 3.8) is 0 Å². The number of hydrogen-bond acceptors (Lipinski definition) is 3. The zero-order valence-electron chi connectivity index (χ0n) is 10.7. The van der Waals surface area contributed by atoms with Gasteiger partial charge in [0.15, 0.2) is 0 Å². The summed E-state index contributed by atoms with van der Waals surface area (Å²) in [6.07, 6.45) is 6.30. The van der Waals surface area contributed by atoms with E-state index in [9.17, 15) is 9.59 Å². The number of carbonyl (C=O) groups excluding carboxylic acids is 1. The Morgan fingerprint density at radius 2 is 1.89 bits per heavy atom. The third-order valence-corrected chi connectivity index (χ3v) is 4.02. The van der Waals surface area contributed by atoms with Gasteiger partial charge in [0.05, 0.1) is 12.5 Å². The van der Waals surface area contributed by atoms with Gasteiger partial charge in [-0.05, 0) is 25.7 Å². The fraction of sp³-hybridized carbons (Fsp3) is 0.846. The van der Waals surface area contributed by atoms with Crippen LogP contribution in [-0.2, 0) is 9.59 Å². The van der Waals surface area contributed by atoms with E-state index in [0.717, 1.165) is 19.3 Å². The van der Waals surface area contributed by atoms with Crippen LogP contribution in [-0.4, -0.2) is 47.6 Å². The molecule has 1 heterocycles. The lowest BCUT2D eigenvalue weighted by atomic mass is 9.98. The number of carboxylic acid groups (broad SMARTS) is 1. The molecule has 1 aliphatic heterocycles. The van der Waals surface area contributed by atoms with Crippen LogP contribution in [0.4, 0.5) is 0 Å². The number of carbonyl (C=O) groups is 2. The minimum atomic E-state index is -0.781. The Morgan fingerprint density at radius 1 is 1.17 bits per heavy atom. The van der Waals surface area contributed by atoms with Crippen molar-refractivity contribution in [2.24, 2.45) is 5.92 Å². The van der Waals surface area contributed by atoms with Crippen molar-refractivity contribution in [1.29, 1.82) is 0 Å². The van der Waals surface area contributed by atoms with Crippen LogP contribution in [0.2, 0.25) is 0 Å². The normalized spacial score (nSPS) is 25.3. The summed E-state index contributed by atoms with van der Waals surface area (Å²) in [5.41, 5.74) is 0. The van der Waals surface area contributed by atoms with Crippen LogP contribution in [0.25, 0.3) is 0 Å². The van der Waals surface area contributed by atoms with Crippen LogP contribution in [0, 0.1) is 5.92 Å². The summed E-state index contributed by atoms with van der Waals surface area (Å²) in [7, 11) is 0. The van der Waals surface area contributed by atoms with Crippen molar-refractivity contribution in [1.82, 2.24) is 10.2 Å². The first-order chi connectivity index (χ1) is 8.66. The molecule has 5 nitrogen and oxygen atoms in total. The maximum atomic E-state index is 12.0. The largest absolute Gasteiger partial charge is 0.481 e. The van der Waals surface area contributed by atoms with Gasteiger partial charge in [-0.1, -0.05) is 12.8 Å². The van der Waals surface area contributed by atoms with Gasteiger partial charge in [-0.3, -0.25) is 9.59 Å². The second-order valence-corrected chi connectivity index (χ2v) is 5.38. The molecule has 1 amide bonds. The minimum Gasteiger partial charge on any atom is -0.481 e. The van der Waals surface area contributed by atoms with Gasteiger partial charge < -0.3 is 15.3 Å². The first-order valence-corrected chi connectivity index (χ1v) is 6.91. The van der Waals surface area contributed by atoms with E-state index >= 15 is 0 Å². The zero-order valence-corrected chi connectivity index (χ0v) is 10.7. The van der Waals surface area contributed by atoms with E-state index in [4.69, 9.17) is 5.11 Å². The molecule has 1 saturated carbocycles. The molecule has 18 heavy (non-hydrogen) atoms. The average Bonchev–Trinajstić information content (AvgIpc) is 2.89. The molecule has 0 bridgehead atoms. The monoisotopic (exact) mass is 254 g/mol. The Balaban J connectivity index is 1.75. The lowest BCUT2D eigenvalue weighted by Crippen LogP contribution is -2.46. The second kappa shape index (κ2) is 6.18. The molecule has 0 aromatic rings. The van der Waals surface area contributed by atoms with Gasteiger partial charge in [0.1, 0.15) is 0 Å². The molecule has 1 atom stereocenters. The molecule has 2 aliphatic rings. The highest BCUT2D eigenvalue weighted by molar-refractivity contribution is 5.79. The SMILES string of the molecule is O=C(O)[C@@H]1CCCN(C(=O)CNC2CCCC2)C1. The summed E-state index contributed by atoms with van der Waals surface area (Å²) in [6.45, 7) is 1.44. The van der Waals surface area contributed by atoms with Crippen molar-refractivity contribution < 1.29 is 14.7 Å². The Hall–Kier alpha value is -1.10. The summed E-state index contributed by atoms with van der Waals surface area (Å²) in [5, 5.41) is 12.3. The van der Waals surface area contributed by atoms with Crippen LogP contribution in [0.15, 0.2) is 0 Å². The van der Waals surface area contributed by atoms with Crippen molar-refractivity contribution in [3.05, 3.63) is 0 Å². The predicted octanol–water partition coefficient (Wildman–Crippen LogP) is 0.842. The molecule has 0 radical (unpaired) electrons. The van der Waals surface area contributed by atoms with E-state index in [1.807, 2.05) is 0 Å². The molecule has 5 heteroatoms. The number of nitrogens with zero attached hydrogens (tertiary/aromatic N) is 1. The summed E-state index contributed by atoms with van der Waals surface area (Å²) in [5.74, 6) is -1.11. The average molecular weight is 254 g/mol. The highest BCUT2D eigenvalue weighted by Crippen LogP contribution is 2.18. The molecule has 1 saturated heterocycles. The first-order valence-electron chi connectivity index (χ1n) is 6.91. The number of carboxylic acids is 1. The Labute approximate surface area is 108 Å². The van der Waals surface area contributed by atoms with Crippen molar-refractivity contribution in [2.75, 3.05) is 19.6 Å². The summed E-state index contributed by atoms with van der Waals surface area (Å²) in [6, 6.07) is 0.481. The standard InChI is InChI=1S/C13H22N2O3/c16-12(8-14-11-5-1-2-6-11)15-7-3-4-10(9-15)13(17)18/h10-11,14H,1-9H2,(H,17,18)/t10-/m1/s1. The highest BCUT2D eigenvalue weighted by Gasteiger charge is 2.28. The number of hydrogen-bond donors (Lipinski definition) is 2. The maximum Gasteiger partial charge on any atom is 0.308 e. The van der Waals surface area contributed by atoms with Gasteiger partial charge in [-0.2, -0.15) is 0 Å². The van der Waals surface area contributed by atoms with E-state index in [0.29, 0.717) is 32.1 Å². The Kier molecular flexibility index (Phi) is 4.58. The molecule has 1 aliphatic carbocycles. The molecule has 2 N–H and O–H groups in total. The number of aliphatic carboxylic acids is 1. The molecule has 0 aromatic carbocycles.